The molecule has 2 amide bonds. The Balaban J connectivity index is 1.99. The van der Waals surface area contributed by atoms with Crippen LogP contribution in [0.1, 0.15) is 24.0 Å². The molecule has 0 aliphatic heterocycles. The Morgan fingerprint density at radius 3 is 2.30 bits per heavy atom. The van der Waals surface area contributed by atoms with Gasteiger partial charge in [-0.25, -0.2) is 5.48 Å². The minimum Gasteiger partial charge on any atom is -0.326 e. The number of hydrogen-bond donors (Lipinski definition) is 3. The first kappa shape index (κ1) is 16.5. The number of rotatable bonds is 5. The van der Waals surface area contributed by atoms with Crippen LogP contribution in [0.4, 0.5) is 5.69 Å². The van der Waals surface area contributed by atoms with Crippen molar-refractivity contribution in [1.82, 2.24) is 5.48 Å². The summed E-state index contributed by atoms with van der Waals surface area (Å²) in [7, 11) is 0. The highest BCUT2D eigenvalue weighted by molar-refractivity contribution is 5.95. The maximum absolute atomic E-state index is 12.2. The van der Waals surface area contributed by atoms with Crippen LogP contribution in [-0.2, 0) is 9.59 Å². The molecule has 5 heteroatoms. The Hall–Kier alpha value is -2.92. The van der Waals surface area contributed by atoms with E-state index in [0.717, 1.165) is 11.1 Å². The van der Waals surface area contributed by atoms with Gasteiger partial charge in [-0.15, -0.1) is 0 Å². The maximum atomic E-state index is 12.2. The molecule has 0 aromatic heterocycles. The van der Waals surface area contributed by atoms with Crippen molar-refractivity contribution in [3.05, 3.63) is 71.8 Å². The smallest absolute Gasteiger partial charge is 0.267 e. The summed E-state index contributed by atoms with van der Waals surface area (Å²) < 4.78 is 0. The fraction of sp³-hybridized carbons (Fsp3) is 0.111. The highest BCUT2D eigenvalue weighted by Crippen LogP contribution is 2.18. The van der Waals surface area contributed by atoms with E-state index in [1.54, 1.807) is 30.3 Å². The Labute approximate surface area is 134 Å². The van der Waals surface area contributed by atoms with Gasteiger partial charge in [0.25, 0.3) is 5.91 Å². The first-order valence-corrected chi connectivity index (χ1v) is 7.18. The highest BCUT2D eigenvalue weighted by atomic mass is 16.5. The van der Waals surface area contributed by atoms with Gasteiger partial charge in [0, 0.05) is 11.8 Å². The summed E-state index contributed by atoms with van der Waals surface area (Å²) in [6.07, 6.45) is 2.77. The van der Waals surface area contributed by atoms with Gasteiger partial charge in [0.15, 0.2) is 0 Å². The van der Waals surface area contributed by atoms with E-state index in [1.807, 2.05) is 37.3 Å². The Kier molecular flexibility index (Phi) is 5.66. The van der Waals surface area contributed by atoms with Crippen molar-refractivity contribution in [2.24, 2.45) is 0 Å². The molecule has 0 fully saturated rings. The van der Waals surface area contributed by atoms with Gasteiger partial charge >= 0.3 is 0 Å². The topological polar surface area (TPSA) is 78.4 Å². The van der Waals surface area contributed by atoms with Gasteiger partial charge in [-0.3, -0.25) is 14.8 Å². The van der Waals surface area contributed by atoms with Crippen molar-refractivity contribution in [3.8, 4) is 0 Å². The van der Waals surface area contributed by atoms with E-state index in [2.05, 4.69) is 5.32 Å². The van der Waals surface area contributed by atoms with Crippen molar-refractivity contribution in [1.29, 1.82) is 0 Å². The molecule has 2 aromatic carbocycles. The minimum absolute atomic E-state index is 0.0841. The molecule has 5 nitrogen and oxygen atoms in total. The summed E-state index contributed by atoms with van der Waals surface area (Å²) in [5.74, 6) is -0.928. The second-order valence-corrected chi connectivity index (χ2v) is 5.05. The third-order valence-corrected chi connectivity index (χ3v) is 3.41. The third kappa shape index (κ3) is 4.79. The molecule has 0 aliphatic rings. The zero-order valence-electron chi connectivity index (χ0n) is 12.7. The van der Waals surface area contributed by atoms with Crippen LogP contribution in [0, 0.1) is 0 Å². The molecule has 0 aliphatic carbocycles. The van der Waals surface area contributed by atoms with Gasteiger partial charge in [-0.2, -0.15) is 0 Å². The van der Waals surface area contributed by atoms with Gasteiger partial charge < -0.3 is 5.32 Å². The molecule has 0 saturated heterocycles. The molecule has 23 heavy (non-hydrogen) atoms. The molecule has 2 rings (SSSR count). The molecule has 0 bridgehead atoms. The van der Waals surface area contributed by atoms with Crippen LogP contribution in [-0.4, -0.2) is 17.0 Å². The third-order valence-electron chi connectivity index (χ3n) is 3.41. The summed E-state index contributed by atoms with van der Waals surface area (Å²) >= 11 is 0. The second-order valence-electron chi connectivity index (χ2n) is 5.05. The van der Waals surface area contributed by atoms with Crippen LogP contribution in [0.2, 0.25) is 0 Å². The Morgan fingerprint density at radius 1 is 1.04 bits per heavy atom. The fourth-order valence-corrected chi connectivity index (χ4v) is 2.03. The van der Waals surface area contributed by atoms with Crippen LogP contribution in [0.15, 0.2) is 60.7 Å². The molecule has 0 saturated carbocycles. The normalized spacial score (nSPS) is 11.9. The first-order chi connectivity index (χ1) is 11.1. The predicted molar refractivity (Wildman–Crippen MR) is 88.9 cm³/mol. The molecule has 1 unspecified atom stereocenters. The van der Waals surface area contributed by atoms with Crippen LogP contribution in [0.3, 0.4) is 0 Å². The molecule has 1 atom stereocenters. The van der Waals surface area contributed by atoms with Crippen LogP contribution < -0.4 is 10.8 Å². The standard InChI is InChI=1S/C18H18N2O3/c1-13(15-5-3-2-4-6-15)18(22)19-16-10-7-14(8-11-16)9-12-17(21)20-23/h2-13,23H,1H3,(H,19,22)(H,20,21). The number of benzene rings is 2. The molecule has 0 spiro atoms. The van der Waals surface area contributed by atoms with Crippen molar-refractivity contribution >= 4 is 23.6 Å². The molecular weight excluding hydrogens is 292 g/mol. The molecule has 3 N–H and O–H groups in total. The summed E-state index contributed by atoms with van der Waals surface area (Å²) in [6, 6.07) is 16.6. The molecule has 2 aromatic rings. The van der Waals surface area contributed by atoms with Crippen LogP contribution in [0.5, 0.6) is 0 Å². The van der Waals surface area contributed by atoms with E-state index in [9.17, 15) is 9.59 Å². The summed E-state index contributed by atoms with van der Waals surface area (Å²) in [4.78, 5) is 23.1. The largest absolute Gasteiger partial charge is 0.326 e. The molecule has 0 heterocycles. The van der Waals surface area contributed by atoms with E-state index < -0.39 is 5.91 Å². The second kappa shape index (κ2) is 7.91. The van der Waals surface area contributed by atoms with Gasteiger partial charge in [0.05, 0.1) is 5.92 Å². The number of hydroxylamine groups is 1. The van der Waals surface area contributed by atoms with Crippen molar-refractivity contribution in [2.75, 3.05) is 5.32 Å². The van der Waals surface area contributed by atoms with Crippen molar-refractivity contribution < 1.29 is 14.8 Å². The molecule has 118 valence electrons. The highest BCUT2D eigenvalue weighted by Gasteiger charge is 2.14. The van der Waals surface area contributed by atoms with Crippen LogP contribution in [0.25, 0.3) is 6.08 Å². The number of carbonyl (C=O) groups is 2. The Morgan fingerprint density at radius 2 is 1.70 bits per heavy atom. The van der Waals surface area contributed by atoms with Crippen molar-refractivity contribution in [2.45, 2.75) is 12.8 Å². The SMILES string of the molecule is CC(C(=O)Nc1ccc(C=CC(=O)NO)cc1)c1ccccc1. The summed E-state index contributed by atoms with van der Waals surface area (Å²) in [5, 5.41) is 11.3. The van der Waals surface area contributed by atoms with E-state index in [0.29, 0.717) is 5.69 Å². The number of nitrogens with one attached hydrogen (secondary N) is 2. The lowest BCUT2D eigenvalue weighted by Gasteiger charge is -2.12. The lowest BCUT2D eigenvalue weighted by Crippen LogP contribution is -2.18. The Bertz CT molecular complexity index is 694. The summed E-state index contributed by atoms with van der Waals surface area (Å²) in [5.41, 5.74) is 3.94. The first-order valence-electron chi connectivity index (χ1n) is 7.18. The average Bonchev–Trinajstić information content (AvgIpc) is 2.60. The van der Waals surface area contributed by atoms with E-state index in [4.69, 9.17) is 5.21 Å². The van der Waals surface area contributed by atoms with E-state index in [-0.39, 0.29) is 11.8 Å². The zero-order chi connectivity index (χ0) is 16.7. The van der Waals surface area contributed by atoms with Gasteiger partial charge in [-0.05, 0) is 36.3 Å². The minimum atomic E-state index is -0.598. The van der Waals surface area contributed by atoms with Gasteiger partial charge in [-0.1, -0.05) is 42.5 Å². The lowest BCUT2D eigenvalue weighted by molar-refractivity contribution is -0.124. The zero-order valence-corrected chi connectivity index (χ0v) is 12.7. The monoisotopic (exact) mass is 310 g/mol. The number of carbonyl (C=O) groups excluding carboxylic acids is 2. The fourth-order valence-electron chi connectivity index (χ4n) is 2.03. The lowest BCUT2D eigenvalue weighted by atomic mass is 10.0. The number of amides is 2. The quantitative estimate of drug-likeness (QED) is 0.451. The number of hydrogen-bond acceptors (Lipinski definition) is 3. The van der Waals surface area contributed by atoms with E-state index >= 15 is 0 Å². The molecular formula is C18H18N2O3. The van der Waals surface area contributed by atoms with E-state index in [1.165, 1.54) is 11.6 Å². The maximum Gasteiger partial charge on any atom is 0.267 e. The van der Waals surface area contributed by atoms with Gasteiger partial charge in [0.1, 0.15) is 0 Å². The summed E-state index contributed by atoms with van der Waals surface area (Å²) in [6.45, 7) is 1.86. The van der Waals surface area contributed by atoms with Crippen LogP contribution >= 0.6 is 0 Å². The van der Waals surface area contributed by atoms with Crippen molar-refractivity contribution in [3.63, 3.8) is 0 Å². The predicted octanol–water partition coefficient (Wildman–Crippen LogP) is 2.95. The number of anilines is 1. The average molecular weight is 310 g/mol. The molecule has 0 radical (unpaired) electrons. The van der Waals surface area contributed by atoms with Gasteiger partial charge in [0.2, 0.25) is 5.91 Å².